The quantitative estimate of drug-likeness (QED) is 0.773. The zero-order valence-electron chi connectivity index (χ0n) is 15.2. The molecule has 1 amide bonds. The number of ether oxygens (including phenoxy) is 2. The van der Waals surface area contributed by atoms with Gasteiger partial charge in [-0.1, -0.05) is 6.07 Å². The van der Waals surface area contributed by atoms with Crippen molar-refractivity contribution in [2.24, 2.45) is 0 Å². The van der Waals surface area contributed by atoms with E-state index >= 15 is 0 Å². The average molecular weight is 368 g/mol. The van der Waals surface area contributed by atoms with Crippen LogP contribution in [0.4, 0.5) is 0 Å². The summed E-state index contributed by atoms with van der Waals surface area (Å²) in [5.41, 5.74) is 2.00. The molecule has 7 nitrogen and oxygen atoms in total. The Hall–Kier alpha value is -2.38. The van der Waals surface area contributed by atoms with Gasteiger partial charge in [-0.15, -0.1) is 0 Å². The number of rotatable bonds is 6. The zero-order chi connectivity index (χ0) is 18.5. The molecular weight excluding hydrogens is 344 g/mol. The minimum atomic E-state index is -0.0977. The van der Waals surface area contributed by atoms with Gasteiger partial charge in [0.15, 0.2) is 0 Å². The van der Waals surface area contributed by atoms with Gasteiger partial charge in [0, 0.05) is 44.4 Å². The normalized spacial score (nSPS) is 24.6. The van der Waals surface area contributed by atoms with Crippen molar-refractivity contribution < 1.29 is 14.3 Å². The molecule has 0 N–H and O–H groups in total. The molecule has 4 heterocycles. The number of fused-ring (bicyclic) bond motifs is 1. The van der Waals surface area contributed by atoms with Gasteiger partial charge in [-0.3, -0.25) is 9.78 Å². The summed E-state index contributed by atoms with van der Waals surface area (Å²) >= 11 is 0. The lowest BCUT2D eigenvalue weighted by molar-refractivity contribution is -0.134. The highest BCUT2D eigenvalue weighted by Gasteiger charge is 2.46. The van der Waals surface area contributed by atoms with Crippen molar-refractivity contribution in [2.45, 2.75) is 50.5 Å². The van der Waals surface area contributed by atoms with Crippen LogP contribution in [0.15, 0.2) is 43.2 Å². The minimum Gasteiger partial charge on any atom is -0.373 e. The van der Waals surface area contributed by atoms with Crippen LogP contribution < -0.4 is 0 Å². The number of likely N-dealkylation sites (tertiary alicyclic amines) is 1. The van der Waals surface area contributed by atoms with E-state index < -0.39 is 0 Å². The molecule has 2 aliphatic rings. The number of hydrogen-bond donors (Lipinski definition) is 0. The van der Waals surface area contributed by atoms with Gasteiger partial charge < -0.3 is 14.4 Å². The van der Waals surface area contributed by atoms with Crippen LogP contribution in [0, 0.1) is 0 Å². The molecule has 0 saturated carbocycles. The monoisotopic (exact) mass is 368 g/mol. The summed E-state index contributed by atoms with van der Waals surface area (Å²) in [5.74, 6) is 0.145. The SMILES string of the molecule is O=C(CCc1cncnc1)N1C[C@H](OCc2cccnc2)[C@H]2OCCC[C@H]21. The lowest BCUT2D eigenvalue weighted by Crippen LogP contribution is -2.43. The fourth-order valence-electron chi connectivity index (χ4n) is 3.88. The van der Waals surface area contributed by atoms with Gasteiger partial charge in [0.25, 0.3) is 0 Å². The van der Waals surface area contributed by atoms with Crippen LogP contribution in [0.25, 0.3) is 0 Å². The van der Waals surface area contributed by atoms with E-state index in [4.69, 9.17) is 9.47 Å². The standard InChI is InChI=1S/C20H24N4O3/c25-19(6-5-15-9-22-14-23-10-15)24-12-18(20-17(24)4-2-8-26-20)27-13-16-3-1-7-21-11-16/h1,3,7,9-11,14,17-18,20H,2,4-6,8,12-13H2/t17-,18+,20+/m1/s1. The number of aromatic nitrogens is 3. The predicted octanol–water partition coefficient (Wildman–Crippen LogP) is 1.78. The molecule has 2 saturated heterocycles. The molecule has 0 aromatic carbocycles. The maximum atomic E-state index is 12.9. The molecule has 2 aromatic rings. The summed E-state index contributed by atoms with van der Waals surface area (Å²) < 4.78 is 12.1. The van der Waals surface area contributed by atoms with Crippen molar-refractivity contribution in [1.82, 2.24) is 19.9 Å². The summed E-state index contributed by atoms with van der Waals surface area (Å²) in [5, 5.41) is 0. The van der Waals surface area contributed by atoms with Gasteiger partial charge >= 0.3 is 0 Å². The van der Waals surface area contributed by atoms with Crippen molar-refractivity contribution >= 4 is 5.91 Å². The lowest BCUT2D eigenvalue weighted by Gasteiger charge is -2.32. The molecular formula is C20H24N4O3. The number of hydrogen-bond acceptors (Lipinski definition) is 6. The number of amides is 1. The van der Waals surface area contributed by atoms with E-state index in [9.17, 15) is 4.79 Å². The van der Waals surface area contributed by atoms with Crippen LogP contribution in [0.2, 0.25) is 0 Å². The Morgan fingerprint density at radius 1 is 1.22 bits per heavy atom. The van der Waals surface area contributed by atoms with Crippen LogP contribution in [0.5, 0.6) is 0 Å². The van der Waals surface area contributed by atoms with E-state index in [1.165, 1.54) is 6.33 Å². The molecule has 27 heavy (non-hydrogen) atoms. The first-order valence-corrected chi connectivity index (χ1v) is 9.47. The summed E-state index contributed by atoms with van der Waals surface area (Å²) in [7, 11) is 0. The molecule has 0 spiro atoms. The fourth-order valence-corrected chi connectivity index (χ4v) is 3.88. The Kier molecular flexibility index (Phi) is 5.69. The molecule has 142 valence electrons. The van der Waals surface area contributed by atoms with Crippen molar-refractivity contribution in [3.05, 3.63) is 54.4 Å². The summed E-state index contributed by atoms with van der Waals surface area (Å²) in [6.07, 6.45) is 11.5. The highest BCUT2D eigenvalue weighted by atomic mass is 16.5. The average Bonchev–Trinajstić information content (AvgIpc) is 3.11. The molecule has 0 unspecified atom stereocenters. The van der Waals surface area contributed by atoms with Gasteiger partial charge in [-0.05, 0) is 36.5 Å². The van der Waals surface area contributed by atoms with E-state index in [1.807, 2.05) is 17.0 Å². The molecule has 2 aliphatic heterocycles. The Bertz CT molecular complexity index is 743. The zero-order valence-corrected chi connectivity index (χ0v) is 15.2. The number of aryl methyl sites for hydroxylation is 1. The Balaban J connectivity index is 1.38. The van der Waals surface area contributed by atoms with Crippen LogP contribution in [-0.4, -0.2) is 57.2 Å². The van der Waals surface area contributed by atoms with E-state index in [0.29, 0.717) is 26.0 Å². The van der Waals surface area contributed by atoms with Gasteiger partial charge in [0.2, 0.25) is 5.91 Å². The Morgan fingerprint density at radius 2 is 2.07 bits per heavy atom. The number of carbonyl (C=O) groups is 1. The summed E-state index contributed by atoms with van der Waals surface area (Å²) in [6.45, 7) is 1.80. The lowest BCUT2D eigenvalue weighted by atomic mass is 10.0. The smallest absolute Gasteiger partial charge is 0.223 e. The van der Waals surface area contributed by atoms with Crippen molar-refractivity contribution in [1.29, 1.82) is 0 Å². The van der Waals surface area contributed by atoms with Crippen LogP contribution in [-0.2, 0) is 27.3 Å². The second-order valence-corrected chi connectivity index (χ2v) is 7.05. The first kappa shape index (κ1) is 18.0. The van der Waals surface area contributed by atoms with Crippen molar-refractivity contribution in [3.63, 3.8) is 0 Å². The Labute approximate surface area is 158 Å². The second kappa shape index (κ2) is 8.54. The second-order valence-electron chi connectivity index (χ2n) is 7.05. The van der Waals surface area contributed by atoms with E-state index in [2.05, 4.69) is 15.0 Å². The highest BCUT2D eigenvalue weighted by Crippen LogP contribution is 2.31. The number of nitrogens with zero attached hydrogens (tertiary/aromatic N) is 4. The summed E-state index contributed by atoms with van der Waals surface area (Å²) in [6, 6.07) is 4.00. The van der Waals surface area contributed by atoms with E-state index in [1.54, 1.807) is 24.8 Å². The third kappa shape index (κ3) is 4.31. The number of pyridine rings is 1. The molecule has 3 atom stereocenters. The highest BCUT2D eigenvalue weighted by molar-refractivity contribution is 5.77. The molecule has 0 bridgehead atoms. The third-order valence-electron chi connectivity index (χ3n) is 5.23. The van der Waals surface area contributed by atoms with Crippen LogP contribution in [0.1, 0.15) is 30.4 Å². The van der Waals surface area contributed by atoms with Gasteiger partial charge in [0.05, 0.1) is 12.6 Å². The largest absolute Gasteiger partial charge is 0.373 e. The molecule has 2 aromatic heterocycles. The van der Waals surface area contributed by atoms with Crippen molar-refractivity contribution in [2.75, 3.05) is 13.2 Å². The van der Waals surface area contributed by atoms with E-state index in [0.717, 1.165) is 30.6 Å². The molecule has 7 heteroatoms. The molecule has 0 aliphatic carbocycles. The number of carbonyl (C=O) groups excluding carboxylic acids is 1. The molecule has 2 fully saturated rings. The maximum Gasteiger partial charge on any atom is 0.223 e. The predicted molar refractivity (Wildman–Crippen MR) is 97.6 cm³/mol. The third-order valence-corrected chi connectivity index (χ3v) is 5.23. The van der Waals surface area contributed by atoms with Crippen LogP contribution in [0.3, 0.4) is 0 Å². The van der Waals surface area contributed by atoms with Gasteiger partial charge in [-0.25, -0.2) is 9.97 Å². The van der Waals surface area contributed by atoms with Gasteiger partial charge in [0.1, 0.15) is 18.5 Å². The topological polar surface area (TPSA) is 77.4 Å². The molecule has 0 radical (unpaired) electrons. The first-order chi connectivity index (χ1) is 13.3. The fraction of sp³-hybridized carbons (Fsp3) is 0.500. The Morgan fingerprint density at radius 3 is 2.89 bits per heavy atom. The van der Waals surface area contributed by atoms with E-state index in [-0.39, 0.29) is 24.2 Å². The molecule has 4 rings (SSSR count). The van der Waals surface area contributed by atoms with Crippen molar-refractivity contribution in [3.8, 4) is 0 Å². The van der Waals surface area contributed by atoms with Gasteiger partial charge in [-0.2, -0.15) is 0 Å². The maximum absolute atomic E-state index is 12.9. The van der Waals surface area contributed by atoms with Crippen LogP contribution >= 0.6 is 0 Å². The first-order valence-electron chi connectivity index (χ1n) is 9.47. The summed E-state index contributed by atoms with van der Waals surface area (Å²) in [4.78, 5) is 27.0. The minimum absolute atomic E-state index is 0.0422.